The van der Waals surface area contributed by atoms with Crippen LogP contribution in [-0.2, 0) is 4.79 Å². The van der Waals surface area contributed by atoms with Gasteiger partial charge in [0.15, 0.2) is 23.3 Å². The minimum Gasteiger partial charge on any atom is -0.481 e. The predicted molar refractivity (Wildman–Crippen MR) is 57.3 cm³/mol. The van der Waals surface area contributed by atoms with Crippen LogP contribution >= 0.6 is 11.8 Å². The van der Waals surface area contributed by atoms with Crippen LogP contribution in [0.5, 0.6) is 0 Å². The van der Waals surface area contributed by atoms with Gasteiger partial charge in [-0.1, -0.05) is 11.8 Å². The zero-order chi connectivity index (χ0) is 15.7. The average molecular weight is 326 g/mol. The molecule has 1 N–H and O–H groups in total. The maximum absolute atomic E-state index is 13.6. The molecule has 0 bridgehead atoms. The number of aromatic nitrogens is 4. The van der Waals surface area contributed by atoms with Crippen molar-refractivity contribution >= 4 is 17.7 Å². The van der Waals surface area contributed by atoms with Crippen molar-refractivity contribution in [2.75, 3.05) is 5.75 Å². The first-order valence-corrected chi connectivity index (χ1v) is 5.98. The highest BCUT2D eigenvalue weighted by molar-refractivity contribution is 7.99. The summed E-state index contributed by atoms with van der Waals surface area (Å²) < 4.78 is 66.5. The lowest BCUT2D eigenvalue weighted by Crippen LogP contribution is -2.12. The van der Waals surface area contributed by atoms with Gasteiger partial charge in [-0.2, -0.15) is 4.68 Å². The maximum Gasteiger partial charge on any atom is 0.313 e. The van der Waals surface area contributed by atoms with Crippen LogP contribution in [0.25, 0.3) is 5.69 Å². The molecule has 2 aromatic rings. The van der Waals surface area contributed by atoms with Gasteiger partial charge in [0.25, 0.3) is 0 Å². The Balaban J connectivity index is 2.58. The summed E-state index contributed by atoms with van der Waals surface area (Å²) in [7, 11) is 0. The van der Waals surface area contributed by atoms with Gasteiger partial charge in [0, 0.05) is 0 Å². The smallest absolute Gasteiger partial charge is 0.313 e. The Morgan fingerprint density at radius 2 is 1.57 bits per heavy atom. The summed E-state index contributed by atoms with van der Waals surface area (Å²) in [5.74, 6) is -12.8. The number of aliphatic carboxylic acids is 1. The molecule has 0 aliphatic carbocycles. The summed E-state index contributed by atoms with van der Waals surface area (Å²) in [5, 5.41) is 17.4. The van der Waals surface area contributed by atoms with Gasteiger partial charge in [-0.25, -0.2) is 22.0 Å². The van der Waals surface area contributed by atoms with E-state index in [9.17, 15) is 26.7 Å². The molecule has 0 radical (unpaired) electrons. The van der Waals surface area contributed by atoms with Crippen LogP contribution in [0.2, 0.25) is 0 Å². The van der Waals surface area contributed by atoms with Crippen molar-refractivity contribution < 1.29 is 31.9 Å². The molecule has 0 atom stereocenters. The molecule has 0 unspecified atom stereocenters. The van der Waals surface area contributed by atoms with Crippen LogP contribution in [0.15, 0.2) is 5.16 Å². The van der Waals surface area contributed by atoms with Crippen LogP contribution in [0.4, 0.5) is 22.0 Å². The first-order valence-electron chi connectivity index (χ1n) is 4.99. The molecular weight excluding hydrogens is 323 g/mol. The van der Waals surface area contributed by atoms with Gasteiger partial charge in [0.05, 0.1) is 5.75 Å². The fourth-order valence-corrected chi connectivity index (χ4v) is 1.91. The predicted octanol–water partition coefficient (Wildman–Crippen LogP) is 1.53. The number of carboxylic acids is 1. The number of rotatable bonds is 4. The topological polar surface area (TPSA) is 80.9 Å². The fraction of sp³-hybridized carbons (Fsp3) is 0.111. The molecule has 0 aliphatic rings. The van der Waals surface area contributed by atoms with Crippen molar-refractivity contribution in [1.82, 2.24) is 20.2 Å². The zero-order valence-corrected chi connectivity index (χ0v) is 10.5. The minimum absolute atomic E-state index is 0.240. The number of halogens is 5. The third-order valence-corrected chi connectivity index (χ3v) is 3.07. The number of carboxylic acid groups (broad SMARTS) is 1. The molecule has 0 saturated heterocycles. The molecule has 1 aromatic heterocycles. The van der Waals surface area contributed by atoms with E-state index in [1.165, 1.54) is 0 Å². The number of thioether (sulfide) groups is 1. The molecule has 0 aliphatic heterocycles. The van der Waals surface area contributed by atoms with E-state index in [2.05, 4.69) is 15.5 Å². The Labute approximate surface area is 116 Å². The van der Waals surface area contributed by atoms with Crippen molar-refractivity contribution in [3.63, 3.8) is 0 Å². The van der Waals surface area contributed by atoms with E-state index in [1.807, 2.05) is 0 Å². The first kappa shape index (κ1) is 15.2. The third kappa shape index (κ3) is 2.66. The van der Waals surface area contributed by atoms with Gasteiger partial charge in [0.2, 0.25) is 11.0 Å². The van der Waals surface area contributed by atoms with Crippen molar-refractivity contribution in [2.24, 2.45) is 0 Å². The Morgan fingerprint density at radius 1 is 1.05 bits per heavy atom. The van der Waals surface area contributed by atoms with E-state index in [1.54, 1.807) is 0 Å². The van der Waals surface area contributed by atoms with Gasteiger partial charge < -0.3 is 5.11 Å². The molecule has 112 valence electrons. The van der Waals surface area contributed by atoms with Crippen LogP contribution in [0.1, 0.15) is 0 Å². The fourth-order valence-electron chi connectivity index (χ4n) is 1.31. The summed E-state index contributed by atoms with van der Waals surface area (Å²) in [5.41, 5.74) is -1.38. The first-order chi connectivity index (χ1) is 9.84. The molecule has 1 aromatic carbocycles. The molecule has 12 heteroatoms. The van der Waals surface area contributed by atoms with Crippen LogP contribution < -0.4 is 0 Å². The van der Waals surface area contributed by atoms with E-state index in [4.69, 9.17) is 5.11 Å². The molecular formula is C9H3F5N4O2S. The minimum atomic E-state index is -2.32. The third-order valence-electron chi connectivity index (χ3n) is 2.16. The molecule has 21 heavy (non-hydrogen) atoms. The van der Waals surface area contributed by atoms with E-state index in [0.717, 1.165) is 0 Å². The number of hydrogen-bond donors (Lipinski definition) is 1. The number of nitrogens with zero attached hydrogens (tertiary/aromatic N) is 4. The van der Waals surface area contributed by atoms with E-state index < -0.39 is 51.7 Å². The van der Waals surface area contributed by atoms with E-state index in [-0.39, 0.29) is 4.68 Å². The lowest BCUT2D eigenvalue weighted by molar-refractivity contribution is -0.133. The molecule has 0 spiro atoms. The van der Waals surface area contributed by atoms with Crippen molar-refractivity contribution in [2.45, 2.75) is 5.16 Å². The highest BCUT2D eigenvalue weighted by Gasteiger charge is 2.29. The lowest BCUT2D eigenvalue weighted by Gasteiger charge is -2.08. The van der Waals surface area contributed by atoms with Gasteiger partial charge >= 0.3 is 5.97 Å². The maximum atomic E-state index is 13.6. The Kier molecular flexibility index (Phi) is 4.06. The Morgan fingerprint density at radius 3 is 2.10 bits per heavy atom. The SMILES string of the molecule is O=C(O)CSc1nnnn1-c1c(F)c(F)c(F)c(F)c1F. The number of carbonyl (C=O) groups is 1. The lowest BCUT2D eigenvalue weighted by atomic mass is 10.2. The monoisotopic (exact) mass is 326 g/mol. The standard InChI is InChI=1S/C9H3F5N4O2S/c10-3-4(11)6(13)8(7(14)5(3)12)18-9(15-16-17-18)21-1-2(19)20/h1H2,(H,19,20). The second-order valence-electron chi connectivity index (χ2n) is 3.47. The normalized spacial score (nSPS) is 10.9. The van der Waals surface area contributed by atoms with Gasteiger partial charge in [-0.15, -0.1) is 5.10 Å². The van der Waals surface area contributed by atoms with Crippen LogP contribution in [-0.4, -0.2) is 37.0 Å². The molecule has 2 rings (SSSR count). The second kappa shape index (κ2) is 5.63. The second-order valence-corrected chi connectivity index (χ2v) is 4.42. The van der Waals surface area contributed by atoms with Gasteiger partial charge in [-0.05, 0) is 10.4 Å². The van der Waals surface area contributed by atoms with Crippen molar-refractivity contribution in [3.8, 4) is 5.69 Å². The summed E-state index contributed by atoms with van der Waals surface area (Å²) in [6, 6.07) is 0. The zero-order valence-electron chi connectivity index (χ0n) is 9.65. The molecule has 0 fully saturated rings. The van der Waals surface area contributed by atoms with E-state index >= 15 is 0 Å². The van der Waals surface area contributed by atoms with Gasteiger partial charge in [-0.3, -0.25) is 4.79 Å². The van der Waals surface area contributed by atoms with Crippen molar-refractivity contribution in [1.29, 1.82) is 0 Å². The Hall–Kier alpha value is -2.24. The molecule has 0 amide bonds. The van der Waals surface area contributed by atoms with Crippen molar-refractivity contribution in [3.05, 3.63) is 29.1 Å². The highest BCUT2D eigenvalue weighted by atomic mass is 32.2. The Bertz CT molecular complexity index is 693. The van der Waals surface area contributed by atoms with Gasteiger partial charge in [0.1, 0.15) is 5.69 Å². The summed E-state index contributed by atoms with van der Waals surface area (Å²) in [6.07, 6.45) is 0. The molecule has 1 heterocycles. The summed E-state index contributed by atoms with van der Waals surface area (Å²) in [4.78, 5) is 10.4. The molecule has 0 saturated carbocycles. The van der Waals surface area contributed by atoms with E-state index in [0.29, 0.717) is 11.8 Å². The summed E-state index contributed by atoms with van der Waals surface area (Å²) >= 11 is 0.445. The number of tetrazole rings is 1. The summed E-state index contributed by atoms with van der Waals surface area (Å²) in [6.45, 7) is 0. The average Bonchev–Trinajstić information content (AvgIpc) is 2.89. The molecule has 6 nitrogen and oxygen atoms in total. The highest BCUT2D eigenvalue weighted by Crippen LogP contribution is 2.28. The largest absolute Gasteiger partial charge is 0.481 e. The quantitative estimate of drug-likeness (QED) is 0.397. The van der Waals surface area contributed by atoms with Crippen LogP contribution in [0, 0.1) is 29.1 Å². The number of benzene rings is 1. The number of hydrogen-bond acceptors (Lipinski definition) is 5. The van der Waals surface area contributed by atoms with Crippen LogP contribution in [0.3, 0.4) is 0 Å².